The van der Waals surface area contributed by atoms with Crippen molar-refractivity contribution in [1.82, 2.24) is 4.90 Å². The predicted octanol–water partition coefficient (Wildman–Crippen LogP) is 2.60. The van der Waals surface area contributed by atoms with Gasteiger partial charge in [0.2, 0.25) is 0 Å². The van der Waals surface area contributed by atoms with Crippen LogP contribution in [0.5, 0.6) is 0 Å². The SMILES string of the molecule is CCCOC1CCCN(C(=O)c2ccc(NC(N)=O)cc2)CC1. The number of rotatable bonds is 5. The second-order valence-electron chi connectivity index (χ2n) is 5.78. The average molecular weight is 319 g/mol. The van der Waals surface area contributed by atoms with Gasteiger partial charge in [0, 0.05) is 30.9 Å². The van der Waals surface area contributed by atoms with Gasteiger partial charge >= 0.3 is 6.03 Å². The summed E-state index contributed by atoms with van der Waals surface area (Å²) in [5.74, 6) is 0.0202. The van der Waals surface area contributed by atoms with Crippen molar-refractivity contribution in [3.63, 3.8) is 0 Å². The number of nitrogens with zero attached hydrogens (tertiary/aromatic N) is 1. The quantitative estimate of drug-likeness (QED) is 0.875. The molecule has 1 heterocycles. The number of likely N-dealkylation sites (tertiary alicyclic amines) is 1. The Kier molecular flexibility index (Phi) is 6.40. The molecule has 3 N–H and O–H groups in total. The van der Waals surface area contributed by atoms with E-state index in [-0.39, 0.29) is 12.0 Å². The van der Waals surface area contributed by atoms with Crippen molar-refractivity contribution in [3.05, 3.63) is 29.8 Å². The van der Waals surface area contributed by atoms with Crippen LogP contribution >= 0.6 is 0 Å². The monoisotopic (exact) mass is 319 g/mol. The highest BCUT2D eigenvalue weighted by Crippen LogP contribution is 2.18. The molecule has 0 radical (unpaired) electrons. The summed E-state index contributed by atoms with van der Waals surface area (Å²) < 4.78 is 5.81. The Balaban J connectivity index is 1.93. The van der Waals surface area contributed by atoms with Gasteiger partial charge in [0.1, 0.15) is 0 Å². The van der Waals surface area contributed by atoms with Crippen molar-refractivity contribution in [1.29, 1.82) is 0 Å². The molecule has 1 aromatic carbocycles. The summed E-state index contributed by atoms with van der Waals surface area (Å²) in [5, 5.41) is 2.48. The number of benzene rings is 1. The molecule has 0 bridgehead atoms. The number of carbonyl (C=O) groups excluding carboxylic acids is 2. The summed E-state index contributed by atoms with van der Waals surface area (Å²) in [5.41, 5.74) is 6.27. The fraction of sp³-hybridized carbons (Fsp3) is 0.529. The lowest BCUT2D eigenvalue weighted by molar-refractivity contribution is 0.0432. The molecule has 126 valence electrons. The lowest BCUT2D eigenvalue weighted by Gasteiger charge is -2.21. The number of nitrogens with two attached hydrogens (primary N) is 1. The fourth-order valence-corrected chi connectivity index (χ4v) is 2.74. The van der Waals surface area contributed by atoms with Crippen LogP contribution < -0.4 is 11.1 Å². The summed E-state index contributed by atoms with van der Waals surface area (Å²) in [6.45, 7) is 4.36. The number of ether oxygens (including phenoxy) is 1. The van der Waals surface area contributed by atoms with Crippen LogP contribution in [-0.4, -0.2) is 42.6 Å². The standard InChI is InChI=1S/C17H25N3O3/c1-2-12-23-15-4-3-10-20(11-9-15)16(21)13-5-7-14(8-6-13)19-17(18)22/h5-8,15H,2-4,9-12H2,1H3,(H3,18,19,22). The summed E-state index contributed by atoms with van der Waals surface area (Å²) >= 11 is 0. The number of primary amides is 1. The van der Waals surface area contributed by atoms with Crippen molar-refractivity contribution in [2.45, 2.75) is 38.7 Å². The average Bonchev–Trinajstić information content (AvgIpc) is 2.78. The van der Waals surface area contributed by atoms with Crippen LogP contribution in [0.3, 0.4) is 0 Å². The van der Waals surface area contributed by atoms with E-state index in [1.165, 1.54) is 0 Å². The molecule has 6 heteroatoms. The smallest absolute Gasteiger partial charge is 0.316 e. The lowest BCUT2D eigenvalue weighted by atomic mass is 10.1. The number of urea groups is 1. The zero-order valence-corrected chi connectivity index (χ0v) is 13.6. The third kappa shape index (κ3) is 5.25. The third-order valence-corrected chi connectivity index (χ3v) is 3.92. The fourth-order valence-electron chi connectivity index (χ4n) is 2.74. The molecule has 2 rings (SSSR count). The topological polar surface area (TPSA) is 84.7 Å². The normalized spacial score (nSPS) is 18.3. The highest BCUT2D eigenvalue weighted by atomic mass is 16.5. The van der Waals surface area contributed by atoms with E-state index in [9.17, 15) is 9.59 Å². The van der Waals surface area contributed by atoms with Crippen molar-refractivity contribution < 1.29 is 14.3 Å². The van der Waals surface area contributed by atoms with Crippen LogP contribution in [0.15, 0.2) is 24.3 Å². The van der Waals surface area contributed by atoms with Gasteiger partial charge in [0.25, 0.3) is 5.91 Å². The van der Waals surface area contributed by atoms with Gasteiger partial charge in [-0.2, -0.15) is 0 Å². The first-order valence-corrected chi connectivity index (χ1v) is 8.17. The minimum Gasteiger partial charge on any atom is -0.378 e. The van der Waals surface area contributed by atoms with Gasteiger partial charge in [-0.25, -0.2) is 4.79 Å². The van der Waals surface area contributed by atoms with Crippen molar-refractivity contribution >= 4 is 17.6 Å². The first-order chi connectivity index (χ1) is 11.1. The van der Waals surface area contributed by atoms with Gasteiger partial charge in [-0.1, -0.05) is 6.92 Å². The Hall–Kier alpha value is -2.08. The highest BCUT2D eigenvalue weighted by Gasteiger charge is 2.21. The predicted molar refractivity (Wildman–Crippen MR) is 89.4 cm³/mol. The second kappa shape index (κ2) is 8.53. The maximum Gasteiger partial charge on any atom is 0.316 e. The zero-order valence-electron chi connectivity index (χ0n) is 13.6. The largest absolute Gasteiger partial charge is 0.378 e. The van der Waals surface area contributed by atoms with E-state index < -0.39 is 6.03 Å². The molecule has 1 aliphatic rings. The van der Waals surface area contributed by atoms with Crippen LogP contribution in [0.4, 0.5) is 10.5 Å². The summed E-state index contributed by atoms with van der Waals surface area (Å²) in [4.78, 5) is 25.3. The number of nitrogens with one attached hydrogen (secondary N) is 1. The van der Waals surface area contributed by atoms with E-state index >= 15 is 0 Å². The Morgan fingerprint density at radius 2 is 2.00 bits per heavy atom. The molecule has 1 aromatic rings. The first kappa shape index (κ1) is 17.3. The molecule has 1 atom stereocenters. The van der Waals surface area contributed by atoms with E-state index in [2.05, 4.69) is 12.2 Å². The van der Waals surface area contributed by atoms with Crippen LogP contribution in [0.25, 0.3) is 0 Å². The molecule has 1 saturated heterocycles. The number of anilines is 1. The lowest BCUT2D eigenvalue weighted by Crippen LogP contribution is -2.32. The molecule has 1 unspecified atom stereocenters. The summed E-state index contributed by atoms with van der Waals surface area (Å²) in [7, 11) is 0. The van der Waals surface area contributed by atoms with Gasteiger partial charge < -0.3 is 20.7 Å². The first-order valence-electron chi connectivity index (χ1n) is 8.17. The van der Waals surface area contributed by atoms with Crippen molar-refractivity contribution in [2.75, 3.05) is 25.0 Å². The van der Waals surface area contributed by atoms with Crippen LogP contribution in [-0.2, 0) is 4.74 Å². The third-order valence-electron chi connectivity index (χ3n) is 3.92. The Bertz CT molecular complexity index is 530. The number of hydrogen-bond acceptors (Lipinski definition) is 3. The molecule has 3 amide bonds. The van der Waals surface area contributed by atoms with Crippen LogP contribution in [0.2, 0.25) is 0 Å². The Morgan fingerprint density at radius 3 is 2.65 bits per heavy atom. The van der Waals surface area contributed by atoms with E-state index in [0.29, 0.717) is 17.8 Å². The Labute approximate surface area is 137 Å². The summed E-state index contributed by atoms with van der Waals surface area (Å²) in [6, 6.07) is 6.17. The molecular weight excluding hydrogens is 294 g/mol. The molecule has 1 fully saturated rings. The van der Waals surface area contributed by atoms with Gasteiger partial charge in [-0.15, -0.1) is 0 Å². The van der Waals surface area contributed by atoms with E-state index in [1.807, 2.05) is 4.90 Å². The maximum absolute atomic E-state index is 12.6. The highest BCUT2D eigenvalue weighted by molar-refractivity contribution is 5.95. The maximum atomic E-state index is 12.6. The Morgan fingerprint density at radius 1 is 1.26 bits per heavy atom. The molecule has 0 aliphatic carbocycles. The number of hydrogen-bond donors (Lipinski definition) is 2. The van der Waals surface area contributed by atoms with Gasteiger partial charge in [-0.3, -0.25) is 4.79 Å². The molecule has 0 saturated carbocycles. The van der Waals surface area contributed by atoms with Gasteiger partial charge in [-0.05, 0) is 49.9 Å². The number of amides is 3. The molecule has 0 spiro atoms. The van der Waals surface area contributed by atoms with Crippen LogP contribution in [0.1, 0.15) is 43.0 Å². The molecule has 1 aliphatic heterocycles. The molecular formula is C17H25N3O3. The van der Waals surface area contributed by atoms with E-state index in [0.717, 1.165) is 38.8 Å². The molecule has 0 aromatic heterocycles. The second-order valence-corrected chi connectivity index (χ2v) is 5.78. The molecule has 23 heavy (non-hydrogen) atoms. The van der Waals surface area contributed by atoms with E-state index in [4.69, 9.17) is 10.5 Å². The summed E-state index contributed by atoms with van der Waals surface area (Å²) in [6.07, 6.45) is 4.12. The van der Waals surface area contributed by atoms with Gasteiger partial charge in [0.05, 0.1) is 6.10 Å². The van der Waals surface area contributed by atoms with E-state index in [1.54, 1.807) is 24.3 Å². The number of carbonyl (C=O) groups is 2. The van der Waals surface area contributed by atoms with Crippen LogP contribution in [0, 0.1) is 0 Å². The van der Waals surface area contributed by atoms with Crippen molar-refractivity contribution in [2.24, 2.45) is 5.73 Å². The van der Waals surface area contributed by atoms with Crippen molar-refractivity contribution in [3.8, 4) is 0 Å². The minimum atomic E-state index is -0.616. The van der Waals surface area contributed by atoms with Gasteiger partial charge in [0.15, 0.2) is 0 Å². The zero-order chi connectivity index (χ0) is 16.7. The molecule has 6 nitrogen and oxygen atoms in total. The minimum absolute atomic E-state index is 0.0202.